The van der Waals surface area contributed by atoms with Crippen molar-refractivity contribution in [1.29, 1.82) is 0 Å². The first-order valence-corrected chi connectivity index (χ1v) is 8.08. The normalized spacial score (nSPS) is 24.4. The van der Waals surface area contributed by atoms with E-state index in [-0.39, 0.29) is 11.8 Å². The van der Waals surface area contributed by atoms with E-state index in [1.807, 2.05) is 0 Å². The van der Waals surface area contributed by atoms with Crippen molar-refractivity contribution in [3.63, 3.8) is 0 Å². The summed E-state index contributed by atoms with van der Waals surface area (Å²) in [7, 11) is 0. The van der Waals surface area contributed by atoms with Gasteiger partial charge >= 0.3 is 5.97 Å². The molecule has 0 unspecified atom stereocenters. The van der Waals surface area contributed by atoms with Gasteiger partial charge in [-0.3, -0.25) is 0 Å². The lowest BCUT2D eigenvalue weighted by atomic mass is 9.81. The van der Waals surface area contributed by atoms with Crippen molar-refractivity contribution in [3.8, 4) is 0 Å². The highest BCUT2D eigenvalue weighted by Gasteiger charge is 2.46. The van der Waals surface area contributed by atoms with Gasteiger partial charge in [-0.15, -0.1) is 0 Å². The number of carbonyl (C=O) groups is 1. The molecule has 1 saturated heterocycles. The highest BCUT2D eigenvalue weighted by molar-refractivity contribution is 5.98. The summed E-state index contributed by atoms with van der Waals surface area (Å²) in [6.07, 6.45) is 5.96. The molecule has 3 nitrogen and oxygen atoms in total. The minimum absolute atomic E-state index is 0.261. The van der Waals surface area contributed by atoms with Crippen molar-refractivity contribution in [2.45, 2.75) is 31.3 Å². The third-order valence-corrected chi connectivity index (χ3v) is 5.08. The monoisotopic (exact) mass is 301 g/mol. The van der Waals surface area contributed by atoms with Crippen molar-refractivity contribution < 1.29 is 13.9 Å². The molecule has 2 aliphatic heterocycles. The lowest BCUT2D eigenvalue weighted by Gasteiger charge is -2.40. The van der Waals surface area contributed by atoms with E-state index in [0.29, 0.717) is 0 Å². The molecular weight excluding hydrogens is 281 g/mol. The number of piperidine rings is 1. The lowest BCUT2D eigenvalue weighted by molar-refractivity contribution is -0.148. The van der Waals surface area contributed by atoms with Crippen LogP contribution in [0, 0.1) is 11.7 Å². The van der Waals surface area contributed by atoms with Gasteiger partial charge < -0.3 is 9.64 Å². The molecule has 0 amide bonds. The smallest absolute Gasteiger partial charge is 0.332 e. The molecule has 0 atom stereocenters. The van der Waals surface area contributed by atoms with Crippen molar-refractivity contribution >= 4 is 11.5 Å². The molecule has 0 bridgehead atoms. The molecular formula is C18H20FNO2. The van der Waals surface area contributed by atoms with Gasteiger partial charge in [0.25, 0.3) is 0 Å². The zero-order valence-corrected chi connectivity index (χ0v) is 12.6. The van der Waals surface area contributed by atoms with Gasteiger partial charge in [0.2, 0.25) is 0 Å². The third-order valence-electron chi connectivity index (χ3n) is 5.08. The van der Waals surface area contributed by atoms with Gasteiger partial charge in [-0.25, -0.2) is 9.18 Å². The van der Waals surface area contributed by atoms with Crippen molar-refractivity contribution in [2.24, 2.45) is 5.92 Å². The largest absolute Gasteiger partial charge is 0.451 e. The molecule has 1 aromatic rings. The molecule has 1 saturated carbocycles. The standard InChI is InChI=1S/C18H20FNO2/c19-15-5-3-14(4-6-15)16-11-17(21)22-18(16)7-9-20(10-8-18)12-13-1-2-13/h3-6,11,13H,1-2,7-10,12H2. The van der Waals surface area contributed by atoms with Crippen LogP contribution in [0.5, 0.6) is 0 Å². The van der Waals surface area contributed by atoms with E-state index in [0.717, 1.165) is 43.0 Å². The Kier molecular flexibility index (Phi) is 3.30. The maximum absolute atomic E-state index is 13.1. The Morgan fingerprint density at radius 3 is 2.50 bits per heavy atom. The fraction of sp³-hybridized carbons (Fsp3) is 0.500. The molecule has 116 valence electrons. The summed E-state index contributed by atoms with van der Waals surface area (Å²) in [5, 5.41) is 0. The van der Waals surface area contributed by atoms with E-state index >= 15 is 0 Å². The first kappa shape index (κ1) is 13.9. The van der Waals surface area contributed by atoms with Crippen LogP contribution >= 0.6 is 0 Å². The quantitative estimate of drug-likeness (QED) is 0.804. The van der Waals surface area contributed by atoms with Crippen molar-refractivity contribution in [1.82, 2.24) is 4.90 Å². The summed E-state index contributed by atoms with van der Waals surface area (Å²) in [5.41, 5.74) is 1.31. The number of nitrogens with zero attached hydrogens (tertiary/aromatic N) is 1. The highest BCUT2D eigenvalue weighted by atomic mass is 19.1. The summed E-state index contributed by atoms with van der Waals surface area (Å²) in [6, 6.07) is 6.35. The van der Waals surface area contributed by atoms with Crippen LogP contribution in [0.2, 0.25) is 0 Å². The first-order valence-electron chi connectivity index (χ1n) is 8.08. The second-order valence-corrected chi connectivity index (χ2v) is 6.72. The van der Waals surface area contributed by atoms with Crippen LogP contribution in [0.1, 0.15) is 31.2 Å². The SMILES string of the molecule is O=C1C=C(c2ccc(F)cc2)C2(CCN(CC3CC3)CC2)O1. The predicted octanol–water partition coefficient (Wildman–Crippen LogP) is 3.01. The van der Waals surface area contributed by atoms with Gasteiger partial charge in [-0.1, -0.05) is 12.1 Å². The second-order valence-electron chi connectivity index (χ2n) is 6.72. The summed E-state index contributed by atoms with van der Waals surface area (Å²) in [5.74, 6) is 0.352. The molecule has 4 rings (SSSR count). The van der Waals surface area contributed by atoms with E-state index in [1.165, 1.54) is 31.5 Å². The lowest BCUT2D eigenvalue weighted by Crippen LogP contribution is -2.46. The minimum Gasteiger partial charge on any atom is -0.451 e. The van der Waals surface area contributed by atoms with Gasteiger partial charge in [0.05, 0.1) is 0 Å². The van der Waals surface area contributed by atoms with E-state index in [9.17, 15) is 9.18 Å². The maximum Gasteiger partial charge on any atom is 0.332 e. The molecule has 0 radical (unpaired) electrons. The Balaban J connectivity index is 1.54. The van der Waals surface area contributed by atoms with Crippen LogP contribution < -0.4 is 0 Å². The number of ether oxygens (including phenoxy) is 1. The predicted molar refractivity (Wildman–Crippen MR) is 81.6 cm³/mol. The number of hydrogen-bond donors (Lipinski definition) is 0. The van der Waals surface area contributed by atoms with Crippen LogP contribution in [0.3, 0.4) is 0 Å². The van der Waals surface area contributed by atoms with Crippen LogP contribution in [0.15, 0.2) is 30.3 Å². The number of likely N-dealkylation sites (tertiary alicyclic amines) is 1. The Labute approximate surface area is 129 Å². The molecule has 1 aliphatic carbocycles. The third kappa shape index (κ3) is 2.56. The number of carbonyl (C=O) groups excluding carboxylic acids is 1. The zero-order valence-electron chi connectivity index (χ0n) is 12.6. The molecule has 1 spiro atoms. The minimum atomic E-state index is -0.505. The Hall–Kier alpha value is -1.68. The average molecular weight is 301 g/mol. The molecule has 1 aromatic carbocycles. The topological polar surface area (TPSA) is 29.5 Å². The number of benzene rings is 1. The van der Waals surface area contributed by atoms with Gasteiger partial charge in [0, 0.05) is 44.1 Å². The van der Waals surface area contributed by atoms with Gasteiger partial charge in [0.15, 0.2) is 0 Å². The van der Waals surface area contributed by atoms with E-state index in [2.05, 4.69) is 4.90 Å². The number of esters is 1. The van der Waals surface area contributed by atoms with Crippen molar-refractivity contribution in [3.05, 3.63) is 41.7 Å². The van der Waals surface area contributed by atoms with Crippen molar-refractivity contribution in [2.75, 3.05) is 19.6 Å². The van der Waals surface area contributed by atoms with Crippen LogP contribution in [-0.4, -0.2) is 36.1 Å². The Morgan fingerprint density at radius 2 is 1.86 bits per heavy atom. The number of rotatable bonds is 3. The van der Waals surface area contributed by atoms with Crippen LogP contribution in [-0.2, 0) is 9.53 Å². The number of hydrogen-bond acceptors (Lipinski definition) is 3. The van der Waals surface area contributed by atoms with Gasteiger partial charge in [0.1, 0.15) is 11.4 Å². The van der Waals surface area contributed by atoms with Gasteiger partial charge in [-0.2, -0.15) is 0 Å². The van der Waals surface area contributed by atoms with Crippen LogP contribution in [0.25, 0.3) is 5.57 Å². The number of halogens is 1. The molecule has 2 heterocycles. The summed E-state index contributed by atoms with van der Waals surface area (Å²) in [6.45, 7) is 3.10. The average Bonchev–Trinajstić information content (AvgIpc) is 3.27. The molecule has 3 aliphatic rings. The molecule has 0 aromatic heterocycles. The molecule has 0 N–H and O–H groups in total. The molecule has 2 fully saturated rings. The second kappa shape index (κ2) is 5.20. The fourth-order valence-electron chi connectivity index (χ4n) is 3.64. The molecule has 22 heavy (non-hydrogen) atoms. The fourth-order valence-corrected chi connectivity index (χ4v) is 3.64. The first-order chi connectivity index (χ1) is 10.6. The van der Waals surface area contributed by atoms with E-state index in [1.54, 1.807) is 18.2 Å². The highest BCUT2D eigenvalue weighted by Crippen LogP contribution is 2.43. The molecule has 4 heteroatoms. The van der Waals surface area contributed by atoms with E-state index in [4.69, 9.17) is 4.74 Å². The summed E-state index contributed by atoms with van der Waals surface area (Å²) < 4.78 is 18.8. The Bertz CT molecular complexity index is 610. The summed E-state index contributed by atoms with van der Waals surface area (Å²) in [4.78, 5) is 14.3. The Morgan fingerprint density at radius 1 is 1.18 bits per heavy atom. The maximum atomic E-state index is 13.1. The van der Waals surface area contributed by atoms with E-state index < -0.39 is 5.60 Å². The van der Waals surface area contributed by atoms with Gasteiger partial charge in [-0.05, 0) is 36.5 Å². The zero-order chi connectivity index (χ0) is 15.2. The summed E-state index contributed by atoms with van der Waals surface area (Å²) >= 11 is 0. The van der Waals surface area contributed by atoms with Crippen LogP contribution in [0.4, 0.5) is 4.39 Å².